The largest absolute Gasteiger partial charge is 0.382 e. The molecule has 0 unspecified atom stereocenters. The molecule has 5 nitrogen and oxygen atoms in total. The molecular weight excluding hydrogens is 385 g/mol. The van der Waals surface area contributed by atoms with Crippen LogP contribution < -0.4 is 11.2 Å². The third-order valence-corrected chi connectivity index (χ3v) is 4.10. The van der Waals surface area contributed by atoms with Crippen molar-refractivity contribution in [2.75, 3.05) is 5.43 Å². The molecule has 0 atom stereocenters. The topological polar surface area (TPSA) is 98.0 Å². The highest BCUT2D eigenvalue weighted by Gasteiger charge is 2.04. The summed E-state index contributed by atoms with van der Waals surface area (Å²) >= 11 is 5.54. The van der Waals surface area contributed by atoms with Crippen LogP contribution in [-0.4, -0.2) is 11.5 Å². The van der Waals surface area contributed by atoms with Gasteiger partial charge in [0.25, 0.3) is 0 Å². The van der Waals surface area contributed by atoms with Crippen molar-refractivity contribution in [2.45, 2.75) is 0 Å². The van der Waals surface area contributed by atoms with Gasteiger partial charge in [0.1, 0.15) is 6.07 Å². The normalized spacial score (nSPS) is 10.7. The highest BCUT2D eigenvalue weighted by molar-refractivity contribution is 14.1. The van der Waals surface area contributed by atoms with E-state index in [9.17, 15) is 0 Å². The number of nitriles is 1. The van der Waals surface area contributed by atoms with E-state index in [2.05, 4.69) is 49.0 Å². The van der Waals surface area contributed by atoms with Crippen LogP contribution in [0, 0.1) is 20.3 Å². The Bertz CT molecular complexity index is 491. The molecule has 82 valence electrons. The monoisotopic (exact) mass is 391 g/mol. The summed E-state index contributed by atoms with van der Waals surface area (Å²) in [5.74, 6) is -0.364. The van der Waals surface area contributed by atoms with E-state index in [4.69, 9.17) is 16.4 Å². The zero-order valence-electron chi connectivity index (χ0n) is 7.96. The van der Waals surface area contributed by atoms with Gasteiger partial charge >= 0.3 is 0 Å². The van der Waals surface area contributed by atoms with Crippen LogP contribution in [0.2, 0.25) is 0 Å². The van der Waals surface area contributed by atoms with Crippen LogP contribution in [0.25, 0.3) is 0 Å². The van der Waals surface area contributed by atoms with Crippen molar-refractivity contribution in [1.29, 1.82) is 10.7 Å². The molecule has 0 heterocycles. The molecule has 0 aromatic heterocycles. The Balaban J connectivity index is 2.95. The third kappa shape index (κ3) is 3.18. The van der Waals surface area contributed by atoms with E-state index in [0.717, 1.165) is 8.04 Å². The summed E-state index contributed by atoms with van der Waals surface area (Å²) in [5, 5.41) is 19.5. The first-order chi connectivity index (χ1) is 7.56. The van der Waals surface area contributed by atoms with E-state index in [1.807, 2.05) is 12.1 Å². The molecule has 0 spiro atoms. The first-order valence-electron chi connectivity index (χ1n) is 4.08. The van der Waals surface area contributed by atoms with Crippen LogP contribution in [0.3, 0.4) is 0 Å². The van der Waals surface area contributed by atoms with E-state index in [-0.39, 0.29) is 11.5 Å². The van der Waals surface area contributed by atoms with Crippen molar-refractivity contribution in [2.24, 2.45) is 10.8 Å². The SMILES string of the molecule is N#C/C(=N\Nc1cccc(I)c1Br)C(=N)N. The third-order valence-electron chi connectivity index (χ3n) is 1.60. The molecule has 0 aliphatic heterocycles. The molecule has 1 aromatic carbocycles. The summed E-state index contributed by atoms with van der Waals surface area (Å²) < 4.78 is 1.86. The highest BCUT2D eigenvalue weighted by atomic mass is 127. The maximum Gasteiger partial charge on any atom is 0.201 e. The molecule has 0 saturated carbocycles. The standard InChI is InChI=1S/C9H7BrIN5/c10-8-5(11)2-1-3-6(8)15-16-7(4-12)9(13)14/h1-3,15H,(H3,13,14)/b16-7+. The van der Waals surface area contributed by atoms with Gasteiger partial charge in [0.05, 0.1) is 10.2 Å². The Kier molecular flexibility index (Phi) is 4.70. The summed E-state index contributed by atoms with van der Waals surface area (Å²) in [6.45, 7) is 0. The minimum atomic E-state index is -0.364. The van der Waals surface area contributed by atoms with Crippen molar-refractivity contribution in [3.05, 3.63) is 26.2 Å². The quantitative estimate of drug-likeness (QED) is 0.319. The van der Waals surface area contributed by atoms with Gasteiger partial charge in [-0.2, -0.15) is 10.4 Å². The Morgan fingerprint density at radius 1 is 1.62 bits per heavy atom. The molecule has 0 aliphatic rings. The molecule has 0 amide bonds. The fraction of sp³-hybridized carbons (Fsp3) is 0. The van der Waals surface area contributed by atoms with Crippen molar-refractivity contribution < 1.29 is 0 Å². The van der Waals surface area contributed by atoms with E-state index in [1.165, 1.54) is 0 Å². The van der Waals surface area contributed by atoms with Crippen molar-refractivity contribution >= 4 is 55.8 Å². The number of nitrogens with one attached hydrogen (secondary N) is 2. The number of hydrazone groups is 1. The summed E-state index contributed by atoms with van der Waals surface area (Å²) in [5.41, 5.74) is 8.40. The van der Waals surface area contributed by atoms with Gasteiger partial charge in [-0.25, -0.2) is 0 Å². The Morgan fingerprint density at radius 3 is 2.88 bits per heavy atom. The second-order valence-corrected chi connectivity index (χ2v) is 4.65. The minimum Gasteiger partial charge on any atom is -0.382 e. The van der Waals surface area contributed by atoms with Gasteiger partial charge in [0, 0.05) is 3.57 Å². The zero-order chi connectivity index (χ0) is 12.1. The Labute approximate surface area is 114 Å². The number of amidine groups is 1. The molecule has 0 bridgehead atoms. The van der Waals surface area contributed by atoms with Crippen LogP contribution in [-0.2, 0) is 0 Å². The lowest BCUT2D eigenvalue weighted by Crippen LogP contribution is -2.21. The molecule has 1 aromatic rings. The smallest absolute Gasteiger partial charge is 0.201 e. The van der Waals surface area contributed by atoms with Gasteiger partial charge in [0.2, 0.25) is 5.71 Å². The molecule has 0 radical (unpaired) electrons. The number of benzene rings is 1. The minimum absolute atomic E-state index is 0.147. The maximum absolute atomic E-state index is 8.64. The molecular formula is C9H7BrIN5. The summed E-state index contributed by atoms with van der Waals surface area (Å²) in [6, 6.07) is 7.30. The van der Waals surface area contributed by atoms with Gasteiger partial charge in [-0.15, -0.1) is 0 Å². The number of hydrogen-bond acceptors (Lipinski definition) is 4. The number of nitrogens with two attached hydrogens (primary N) is 1. The van der Waals surface area contributed by atoms with Crippen LogP contribution in [0.1, 0.15) is 0 Å². The van der Waals surface area contributed by atoms with Gasteiger partial charge in [-0.3, -0.25) is 10.8 Å². The second-order valence-electron chi connectivity index (χ2n) is 2.70. The predicted molar refractivity (Wildman–Crippen MR) is 75.4 cm³/mol. The fourth-order valence-corrected chi connectivity index (χ4v) is 1.70. The zero-order valence-corrected chi connectivity index (χ0v) is 11.7. The first kappa shape index (κ1) is 12.9. The first-order valence-corrected chi connectivity index (χ1v) is 5.95. The number of halogens is 2. The number of rotatable bonds is 3. The molecule has 0 fully saturated rings. The van der Waals surface area contributed by atoms with Crippen LogP contribution >= 0.6 is 38.5 Å². The fourth-order valence-electron chi connectivity index (χ4n) is 0.852. The molecule has 1 rings (SSSR count). The molecule has 0 aliphatic carbocycles. The van der Waals surface area contributed by atoms with Crippen molar-refractivity contribution in [1.82, 2.24) is 0 Å². The Morgan fingerprint density at radius 2 is 2.31 bits per heavy atom. The number of anilines is 1. The lowest BCUT2D eigenvalue weighted by Gasteiger charge is -2.05. The van der Waals surface area contributed by atoms with Crippen molar-refractivity contribution in [3.8, 4) is 6.07 Å². The maximum atomic E-state index is 8.64. The number of hydrogen-bond donors (Lipinski definition) is 3. The molecule has 16 heavy (non-hydrogen) atoms. The van der Waals surface area contributed by atoms with Gasteiger partial charge < -0.3 is 5.73 Å². The van der Waals surface area contributed by atoms with E-state index >= 15 is 0 Å². The molecule has 0 saturated heterocycles. The highest BCUT2D eigenvalue weighted by Crippen LogP contribution is 2.27. The van der Waals surface area contributed by atoms with E-state index in [0.29, 0.717) is 5.69 Å². The van der Waals surface area contributed by atoms with Crippen LogP contribution in [0.4, 0.5) is 5.69 Å². The van der Waals surface area contributed by atoms with Gasteiger partial charge in [0.15, 0.2) is 5.84 Å². The number of nitrogens with zero attached hydrogens (tertiary/aromatic N) is 2. The lowest BCUT2D eigenvalue weighted by molar-refractivity contribution is 1.32. The van der Waals surface area contributed by atoms with Crippen molar-refractivity contribution in [3.63, 3.8) is 0 Å². The predicted octanol–water partition coefficient (Wildman–Crippen LogP) is 2.28. The molecule has 4 N–H and O–H groups in total. The molecule has 7 heteroatoms. The Hall–Kier alpha value is -1.14. The van der Waals surface area contributed by atoms with E-state index < -0.39 is 0 Å². The van der Waals surface area contributed by atoms with Gasteiger partial charge in [-0.1, -0.05) is 6.07 Å². The average Bonchev–Trinajstić information content (AvgIpc) is 2.24. The summed E-state index contributed by atoms with van der Waals surface area (Å²) in [7, 11) is 0. The van der Waals surface area contributed by atoms with Crippen LogP contribution in [0.5, 0.6) is 0 Å². The van der Waals surface area contributed by atoms with Crippen LogP contribution in [0.15, 0.2) is 27.8 Å². The average molecular weight is 392 g/mol. The summed E-state index contributed by atoms with van der Waals surface area (Å²) in [4.78, 5) is 0. The second kappa shape index (κ2) is 5.81. The summed E-state index contributed by atoms with van der Waals surface area (Å²) in [6.07, 6.45) is 0. The van der Waals surface area contributed by atoms with E-state index in [1.54, 1.807) is 12.1 Å². The van der Waals surface area contributed by atoms with Gasteiger partial charge in [-0.05, 0) is 50.7 Å². The lowest BCUT2D eigenvalue weighted by atomic mass is 10.3.